The van der Waals surface area contributed by atoms with Gasteiger partial charge in [-0.1, -0.05) is 6.92 Å². The number of halogens is 4. The van der Waals surface area contributed by atoms with E-state index in [-0.39, 0.29) is 18.1 Å². The van der Waals surface area contributed by atoms with Crippen molar-refractivity contribution >= 4 is 11.6 Å². The van der Waals surface area contributed by atoms with Gasteiger partial charge in [-0.3, -0.25) is 4.79 Å². The summed E-state index contributed by atoms with van der Waals surface area (Å²) >= 11 is 0. The van der Waals surface area contributed by atoms with E-state index in [0.717, 1.165) is 18.6 Å². The van der Waals surface area contributed by atoms with Crippen molar-refractivity contribution in [3.63, 3.8) is 0 Å². The number of carbonyl (C=O) groups is 1. The first-order valence-corrected chi connectivity index (χ1v) is 5.72. The lowest BCUT2D eigenvalue weighted by Crippen LogP contribution is -2.30. The smallest absolute Gasteiger partial charge is 0.374 e. The van der Waals surface area contributed by atoms with Crippen LogP contribution in [-0.2, 0) is 11.0 Å². The van der Waals surface area contributed by atoms with Crippen LogP contribution in [0.4, 0.5) is 23.2 Å². The Bertz CT molecular complexity index is 446. The monoisotopic (exact) mass is 278 g/mol. The van der Waals surface area contributed by atoms with Crippen LogP contribution in [0.3, 0.4) is 0 Å². The molecule has 2 N–H and O–H groups in total. The summed E-state index contributed by atoms with van der Waals surface area (Å²) in [6, 6.07) is 2.12. The molecule has 0 atom stereocenters. The number of carbonyl (C=O) groups excluding carboxylic acids is 1. The summed E-state index contributed by atoms with van der Waals surface area (Å²) in [5.74, 6) is -1.39. The molecule has 0 aliphatic heterocycles. The molecule has 0 unspecified atom stereocenters. The molecule has 0 saturated carbocycles. The molecule has 0 saturated heterocycles. The summed E-state index contributed by atoms with van der Waals surface area (Å²) in [7, 11) is 0. The lowest BCUT2D eigenvalue weighted by molar-refractivity contribution is -0.137. The van der Waals surface area contributed by atoms with E-state index >= 15 is 0 Å². The summed E-state index contributed by atoms with van der Waals surface area (Å²) in [6.45, 7) is 2.18. The van der Waals surface area contributed by atoms with Gasteiger partial charge >= 0.3 is 6.18 Å². The molecule has 1 amide bonds. The van der Waals surface area contributed by atoms with Crippen LogP contribution in [0.15, 0.2) is 18.2 Å². The van der Waals surface area contributed by atoms with E-state index in [0.29, 0.717) is 12.6 Å². The predicted molar refractivity (Wildman–Crippen MR) is 63.2 cm³/mol. The first kappa shape index (κ1) is 15.3. The van der Waals surface area contributed by atoms with Crippen LogP contribution in [0.25, 0.3) is 0 Å². The van der Waals surface area contributed by atoms with Crippen LogP contribution in [0, 0.1) is 5.82 Å². The number of alkyl halides is 3. The van der Waals surface area contributed by atoms with Gasteiger partial charge in [0.2, 0.25) is 5.91 Å². The Balaban J connectivity index is 2.63. The van der Waals surface area contributed by atoms with Gasteiger partial charge in [-0.05, 0) is 24.6 Å². The van der Waals surface area contributed by atoms with Gasteiger partial charge in [0, 0.05) is 6.54 Å². The minimum absolute atomic E-state index is 0.139. The molecule has 0 aromatic heterocycles. The van der Waals surface area contributed by atoms with E-state index in [9.17, 15) is 22.4 Å². The topological polar surface area (TPSA) is 41.1 Å². The van der Waals surface area contributed by atoms with Crippen molar-refractivity contribution in [1.82, 2.24) is 5.32 Å². The molecule has 0 aliphatic carbocycles. The van der Waals surface area contributed by atoms with Gasteiger partial charge in [0.05, 0.1) is 17.8 Å². The van der Waals surface area contributed by atoms with Crippen molar-refractivity contribution in [3.8, 4) is 0 Å². The maximum atomic E-state index is 13.4. The molecular weight excluding hydrogens is 264 g/mol. The molecule has 1 aromatic carbocycles. The SMILES string of the molecule is CCCNC(=O)CNc1ccc(C(F)(F)F)cc1F. The minimum Gasteiger partial charge on any atom is -0.374 e. The van der Waals surface area contributed by atoms with E-state index in [1.807, 2.05) is 6.92 Å². The molecule has 0 radical (unpaired) electrons. The minimum atomic E-state index is -4.59. The highest BCUT2D eigenvalue weighted by molar-refractivity contribution is 5.80. The Morgan fingerprint density at radius 3 is 2.53 bits per heavy atom. The fourth-order valence-electron chi connectivity index (χ4n) is 1.34. The van der Waals surface area contributed by atoms with Crippen molar-refractivity contribution in [2.45, 2.75) is 19.5 Å². The van der Waals surface area contributed by atoms with Gasteiger partial charge < -0.3 is 10.6 Å². The lowest BCUT2D eigenvalue weighted by Gasteiger charge is -2.11. The Morgan fingerprint density at radius 1 is 1.32 bits per heavy atom. The molecule has 7 heteroatoms. The number of hydrogen-bond acceptors (Lipinski definition) is 2. The Hall–Kier alpha value is -1.79. The normalized spacial score (nSPS) is 11.2. The standard InChI is InChI=1S/C12H14F4N2O/c1-2-5-17-11(19)7-18-10-4-3-8(6-9(10)13)12(14,15)16/h3-4,6,18H,2,5,7H2,1H3,(H,17,19). The number of amides is 1. The van der Waals surface area contributed by atoms with Crippen LogP contribution in [0.2, 0.25) is 0 Å². The van der Waals surface area contributed by atoms with E-state index in [4.69, 9.17) is 0 Å². The molecule has 1 rings (SSSR count). The van der Waals surface area contributed by atoms with Crippen molar-refractivity contribution in [2.24, 2.45) is 0 Å². The van der Waals surface area contributed by atoms with Crippen LogP contribution >= 0.6 is 0 Å². The van der Waals surface area contributed by atoms with Crippen molar-refractivity contribution in [1.29, 1.82) is 0 Å². The zero-order valence-electron chi connectivity index (χ0n) is 10.3. The second-order valence-electron chi connectivity index (χ2n) is 3.90. The number of hydrogen-bond donors (Lipinski definition) is 2. The fraction of sp³-hybridized carbons (Fsp3) is 0.417. The Labute approximate surface area is 108 Å². The third-order valence-corrected chi connectivity index (χ3v) is 2.31. The molecule has 106 valence electrons. The molecule has 0 heterocycles. The van der Waals surface area contributed by atoms with Crippen LogP contribution in [0.1, 0.15) is 18.9 Å². The largest absolute Gasteiger partial charge is 0.416 e. The first-order chi connectivity index (χ1) is 8.84. The summed E-state index contributed by atoms with van der Waals surface area (Å²) in [4.78, 5) is 11.2. The molecule has 0 aliphatic rings. The van der Waals surface area contributed by atoms with Crippen LogP contribution in [-0.4, -0.2) is 19.0 Å². The summed E-state index contributed by atoms with van der Waals surface area (Å²) in [5.41, 5.74) is -1.20. The highest BCUT2D eigenvalue weighted by Gasteiger charge is 2.31. The van der Waals surface area contributed by atoms with Gasteiger partial charge in [-0.2, -0.15) is 13.2 Å². The van der Waals surface area contributed by atoms with E-state index in [1.165, 1.54) is 0 Å². The summed E-state index contributed by atoms with van der Waals surface area (Å²) in [5, 5.41) is 5.00. The number of anilines is 1. The zero-order valence-corrected chi connectivity index (χ0v) is 10.3. The summed E-state index contributed by atoms with van der Waals surface area (Å²) < 4.78 is 50.3. The summed E-state index contributed by atoms with van der Waals surface area (Å²) in [6.07, 6.45) is -3.82. The maximum absolute atomic E-state index is 13.4. The lowest BCUT2D eigenvalue weighted by atomic mass is 10.2. The molecule has 19 heavy (non-hydrogen) atoms. The number of benzene rings is 1. The van der Waals surface area contributed by atoms with Crippen LogP contribution < -0.4 is 10.6 Å². The van der Waals surface area contributed by atoms with E-state index in [2.05, 4.69) is 10.6 Å². The maximum Gasteiger partial charge on any atom is 0.416 e. The van der Waals surface area contributed by atoms with E-state index < -0.39 is 17.6 Å². The van der Waals surface area contributed by atoms with Crippen molar-refractivity contribution in [2.75, 3.05) is 18.4 Å². The quantitative estimate of drug-likeness (QED) is 0.813. The van der Waals surface area contributed by atoms with Gasteiger partial charge in [0.25, 0.3) is 0 Å². The second-order valence-corrected chi connectivity index (χ2v) is 3.90. The third-order valence-electron chi connectivity index (χ3n) is 2.31. The molecule has 1 aromatic rings. The predicted octanol–water partition coefficient (Wildman–Crippen LogP) is 2.78. The third kappa shape index (κ3) is 4.76. The second kappa shape index (κ2) is 6.40. The Kier molecular flexibility index (Phi) is 5.14. The van der Waals surface area contributed by atoms with Crippen LogP contribution in [0.5, 0.6) is 0 Å². The molecule has 0 spiro atoms. The van der Waals surface area contributed by atoms with Gasteiger partial charge in [0.15, 0.2) is 0 Å². The molecule has 0 fully saturated rings. The zero-order chi connectivity index (χ0) is 14.5. The number of rotatable bonds is 5. The molecule has 3 nitrogen and oxygen atoms in total. The molecular formula is C12H14F4N2O. The van der Waals surface area contributed by atoms with Crippen molar-refractivity contribution < 1.29 is 22.4 Å². The van der Waals surface area contributed by atoms with Gasteiger partial charge in [-0.25, -0.2) is 4.39 Å². The van der Waals surface area contributed by atoms with Gasteiger partial charge in [0.1, 0.15) is 5.82 Å². The fourth-order valence-corrected chi connectivity index (χ4v) is 1.34. The highest BCUT2D eigenvalue weighted by atomic mass is 19.4. The highest BCUT2D eigenvalue weighted by Crippen LogP contribution is 2.31. The Morgan fingerprint density at radius 2 is 2.00 bits per heavy atom. The average Bonchev–Trinajstić information content (AvgIpc) is 2.33. The van der Waals surface area contributed by atoms with Gasteiger partial charge in [-0.15, -0.1) is 0 Å². The van der Waals surface area contributed by atoms with E-state index in [1.54, 1.807) is 0 Å². The first-order valence-electron chi connectivity index (χ1n) is 5.72. The number of nitrogens with one attached hydrogen (secondary N) is 2. The average molecular weight is 278 g/mol. The molecule has 0 bridgehead atoms. The van der Waals surface area contributed by atoms with Crippen molar-refractivity contribution in [3.05, 3.63) is 29.6 Å².